The second kappa shape index (κ2) is 4.79. The van der Waals surface area contributed by atoms with Crippen LogP contribution in [0.2, 0.25) is 0 Å². The Balaban J connectivity index is 2.02. The molecule has 0 aliphatic carbocycles. The summed E-state index contributed by atoms with van der Waals surface area (Å²) >= 11 is 5.58. The highest BCUT2D eigenvalue weighted by atomic mass is 79.9. The van der Waals surface area contributed by atoms with Gasteiger partial charge in [-0.1, -0.05) is 22.9 Å². The molecule has 1 nitrogen and oxygen atoms in total. The molecule has 3 heteroatoms. The van der Waals surface area contributed by atoms with Crippen LogP contribution >= 0.6 is 27.7 Å². The summed E-state index contributed by atoms with van der Waals surface area (Å²) in [6, 6.07) is 7.11. The van der Waals surface area contributed by atoms with E-state index in [4.69, 9.17) is 0 Å². The molecular weight excluding hydrogens is 270 g/mol. The van der Waals surface area contributed by atoms with Gasteiger partial charge in [-0.25, -0.2) is 0 Å². The number of thioether (sulfide) groups is 1. The summed E-state index contributed by atoms with van der Waals surface area (Å²) in [5.74, 6) is 1.23. The van der Waals surface area contributed by atoms with Gasteiger partial charge in [0.05, 0.1) is 0 Å². The van der Waals surface area contributed by atoms with Gasteiger partial charge in [-0.3, -0.25) is 0 Å². The summed E-state index contributed by atoms with van der Waals surface area (Å²) in [7, 11) is 0. The van der Waals surface area contributed by atoms with Crippen molar-refractivity contribution >= 4 is 33.4 Å². The number of hydrogen-bond acceptors (Lipinski definition) is 2. The van der Waals surface area contributed by atoms with Gasteiger partial charge in [-0.2, -0.15) is 11.8 Å². The van der Waals surface area contributed by atoms with Crippen LogP contribution in [0.25, 0.3) is 0 Å². The molecule has 0 saturated carbocycles. The number of aryl methyl sites for hydroxylation is 1. The first kappa shape index (κ1) is 11.3. The monoisotopic (exact) mass is 285 g/mol. The minimum atomic E-state index is 0.644. The molecule has 2 atom stereocenters. The third kappa shape index (κ3) is 2.91. The molecule has 1 N–H and O–H groups in total. The van der Waals surface area contributed by atoms with E-state index >= 15 is 0 Å². The number of halogens is 1. The standard InChI is InChI=1S/C12H16BrNS/c1-8-5-10(3-4-12(8)13)14-11-6-9(2)15-7-11/h3-5,9,11,14H,6-7H2,1-2H3. The molecule has 0 bridgehead atoms. The lowest BCUT2D eigenvalue weighted by Crippen LogP contribution is -2.18. The van der Waals surface area contributed by atoms with E-state index in [1.54, 1.807) is 0 Å². The van der Waals surface area contributed by atoms with Crippen LogP contribution in [-0.4, -0.2) is 17.0 Å². The van der Waals surface area contributed by atoms with Crippen molar-refractivity contribution in [3.63, 3.8) is 0 Å². The molecule has 1 heterocycles. The molecule has 1 aromatic carbocycles. The number of hydrogen-bond donors (Lipinski definition) is 1. The zero-order chi connectivity index (χ0) is 10.8. The zero-order valence-electron chi connectivity index (χ0n) is 9.09. The van der Waals surface area contributed by atoms with E-state index in [1.807, 2.05) is 0 Å². The van der Waals surface area contributed by atoms with E-state index in [2.05, 4.69) is 65.1 Å². The fourth-order valence-electron chi connectivity index (χ4n) is 1.89. The molecule has 2 rings (SSSR count). The Morgan fingerprint density at radius 3 is 2.87 bits per heavy atom. The first-order chi connectivity index (χ1) is 7.15. The average molecular weight is 286 g/mol. The number of rotatable bonds is 2. The summed E-state index contributed by atoms with van der Waals surface area (Å²) in [4.78, 5) is 0. The molecule has 2 unspecified atom stereocenters. The summed E-state index contributed by atoms with van der Waals surface area (Å²) in [5.41, 5.74) is 2.54. The molecule has 15 heavy (non-hydrogen) atoms. The van der Waals surface area contributed by atoms with Gasteiger partial charge in [0.15, 0.2) is 0 Å². The SMILES string of the molecule is Cc1cc(NC2CSC(C)C2)ccc1Br. The molecule has 1 aliphatic rings. The fourth-order valence-corrected chi connectivity index (χ4v) is 3.28. The molecule has 0 amide bonds. The fraction of sp³-hybridized carbons (Fsp3) is 0.500. The topological polar surface area (TPSA) is 12.0 Å². The minimum absolute atomic E-state index is 0.644. The average Bonchev–Trinajstić information content (AvgIpc) is 2.58. The van der Waals surface area contributed by atoms with Gasteiger partial charge < -0.3 is 5.32 Å². The van der Waals surface area contributed by atoms with Crippen LogP contribution in [0, 0.1) is 6.92 Å². The van der Waals surface area contributed by atoms with E-state index in [9.17, 15) is 0 Å². The summed E-state index contributed by atoms with van der Waals surface area (Å²) in [6.45, 7) is 4.43. The van der Waals surface area contributed by atoms with Crippen LogP contribution < -0.4 is 5.32 Å². The Hall–Kier alpha value is -0.150. The van der Waals surface area contributed by atoms with E-state index in [0.717, 1.165) is 5.25 Å². The molecular formula is C12H16BrNS. The van der Waals surface area contributed by atoms with E-state index < -0.39 is 0 Å². The number of nitrogens with one attached hydrogen (secondary N) is 1. The maximum atomic E-state index is 3.60. The molecule has 82 valence electrons. The van der Waals surface area contributed by atoms with Gasteiger partial charge >= 0.3 is 0 Å². The van der Waals surface area contributed by atoms with Crippen LogP contribution in [0.1, 0.15) is 18.9 Å². The van der Waals surface area contributed by atoms with Crippen molar-refractivity contribution in [2.24, 2.45) is 0 Å². The van der Waals surface area contributed by atoms with E-state index in [1.165, 1.54) is 27.9 Å². The molecule has 0 radical (unpaired) electrons. The van der Waals surface area contributed by atoms with E-state index in [-0.39, 0.29) is 0 Å². The van der Waals surface area contributed by atoms with Gasteiger partial charge in [0.25, 0.3) is 0 Å². The second-order valence-corrected chi connectivity index (χ2v) is 6.51. The molecule has 1 aliphatic heterocycles. The van der Waals surface area contributed by atoms with Crippen LogP contribution in [-0.2, 0) is 0 Å². The lowest BCUT2D eigenvalue weighted by atomic mass is 10.1. The maximum absolute atomic E-state index is 3.60. The largest absolute Gasteiger partial charge is 0.381 e. The Morgan fingerprint density at radius 1 is 1.47 bits per heavy atom. The van der Waals surface area contributed by atoms with Crippen molar-refractivity contribution in [1.29, 1.82) is 0 Å². The van der Waals surface area contributed by atoms with Crippen molar-refractivity contribution < 1.29 is 0 Å². The Kier molecular flexibility index (Phi) is 3.62. The van der Waals surface area contributed by atoms with Gasteiger partial charge in [0.1, 0.15) is 0 Å². The van der Waals surface area contributed by atoms with Gasteiger partial charge in [-0.05, 0) is 37.1 Å². The normalized spacial score (nSPS) is 25.5. The maximum Gasteiger partial charge on any atom is 0.0362 e. The highest BCUT2D eigenvalue weighted by molar-refractivity contribution is 9.10. The van der Waals surface area contributed by atoms with Crippen molar-refractivity contribution in [3.8, 4) is 0 Å². The van der Waals surface area contributed by atoms with Crippen molar-refractivity contribution in [2.45, 2.75) is 31.6 Å². The van der Waals surface area contributed by atoms with Gasteiger partial charge in [-0.15, -0.1) is 0 Å². The number of anilines is 1. The summed E-state index contributed by atoms with van der Waals surface area (Å²) in [5, 5.41) is 4.40. The quantitative estimate of drug-likeness (QED) is 0.879. The molecule has 0 aromatic heterocycles. The van der Waals surface area contributed by atoms with Gasteiger partial charge in [0, 0.05) is 27.2 Å². The molecule has 1 fully saturated rings. The van der Waals surface area contributed by atoms with Crippen LogP contribution in [0.3, 0.4) is 0 Å². The third-order valence-electron chi connectivity index (χ3n) is 2.73. The molecule has 0 spiro atoms. The predicted molar refractivity (Wildman–Crippen MR) is 72.8 cm³/mol. The highest BCUT2D eigenvalue weighted by Crippen LogP contribution is 2.29. The third-order valence-corrected chi connectivity index (χ3v) is 4.97. The minimum Gasteiger partial charge on any atom is -0.381 e. The molecule has 1 aromatic rings. The van der Waals surface area contributed by atoms with Crippen LogP contribution in [0.5, 0.6) is 0 Å². The number of benzene rings is 1. The Morgan fingerprint density at radius 2 is 2.27 bits per heavy atom. The van der Waals surface area contributed by atoms with Crippen LogP contribution in [0.4, 0.5) is 5.69 Å². The Labute approximate surface area is 104 Å². The smallest absolute Gasteiger partial charge is 0.0362 e. The lowest BCUT2D eigenvalue weighted by molar-refractivity contribution is 0.747. The lowest BCUT2D eigenvalue weighted by Gasteiger charge is -2.14. The summed E-state index contributed by atoms with van der Waals surface area (Å²) in [6.07, 6.45) is 1.28. The predicted octanol–water partition coefficient (Wildman–Crippen LogP) is 4.06. The molecule has 1 saturated heterocycles. The highest BCUT2D eigenvalue weighted by Gasteiger charge is 2.21. The second-order valence-electron chi connectivity index (χ2n) is 4.18. The van der Waals surface area contributed by atoms with Crippen molar-refractivity contribution in [1.82, 2.24) is 0 Å². The van der Waals surface area contributed by atoms with Crippen molar-refractivity contribution in [2.75, 3.05) is 11.1 Å². The van der Waals surface area contributed by atoms with Crippen molar-refractivity contribution in [3.05, 3.63) is 28.2 Å². The first-order valence-corrected chi connectivity index (χ1v) is 7.13. The van der Waals surface area contributed by atoms with Crippen LogP contribution in [0.15, 0.2) is 22.7 Å². The Bertz CT molecular complexity index is 353. The van der Waals surface area contributed by atoms with E-state index in [0.29, 0.717) is 6.04 Å². The summed E-state index contributed by atoms with van der Waals surface area (Å²) < 4.78 is 1.18. The zero-order valence-corrected chi connectivity index (χ0v) is 11.5. The van der Waals surface area contributed by atoms with Gasteiger partial charge in [0.2, 0.25) is 0 Å². The first-order valence-electron chi connectivity index (χ1n) is 5.29.